The van der Waals surface area contributed by atoms with Crippen LogP contribution in [0.2, 0.25) is 0 Å². The zero-order valence-electron chi connectivity index (χ0n) is 6.26. The fraction of sp³-hybridized carbons (Fsp3) is 0.857. The van der Waals surface area contributed by atoms with E-state index in [9.17, 15) is 4.79 Å². The van der Waals surface area contributed by atoms with Crippen molar-refractivity contribution in [2.24, 2.45) is 5.73 Å². The molecule has 0 unspecified atom stereocenters. The number of Topliss-reactive ketones (excluding diaryl/α,β-unsaturated/α-hetero) is 1. The molecule has 1 fully saturated rings. The highest BCUT2D eigenvalue weighted by molar-refractivity contribution is 5.84. The summed E-state index contributed by atoms with van der Waals surface area (Å²) in [6, 6.07) is 0.223. The Morgan fingerprint density at radius 3 is 2.90 bits per heavy atom. The SMILES string of the molecule is CCC(=O)[C@@H]1C[C@H](N)CN1. The summed E-state index contributed by atoms with van der Waals surface area (Å²) < 4.78 is 0. The highest BCUT2D eigenvalue weighted by Crippen LogP contribution is 2.06. The number of rotatable bonds is 2. The standard InChI is InChI=1S/C7H14N2O/c1-2-7(10)6-3-5(8)4-9-6/h5-6,9H,2-4,8H2,1H3/t5-,6-/m0/s1. The van der Waals surface area contributed by atoms with Crippen LogP contribution >= 0.6 is 0 Å². The molecule has 0 aromatic heterocycles. The molecule has 0 aliphatic carbocycles. The molecule has 10 heavy (non-hydrogen) atoms. The predicted octanol–water partition coefficient (Wildman–Crippen LogP) is -0.345. The summed E-state index contributed by atoms with van der Waals surface area (Å²) in [7, 11) is 0. The number of carbonyl (C=O) groups excluding carboxylic acids is 1. The number of hydrogen-bond donors (Lipinski definition) is 2. The molecule has 1 heterocycles. The van der Waals surface area contributed by atoms with Crippen molar-refractivity contribution in [3.8, 4) is 0 Å². The topological polar surface area (TPSA) is 55.1 Å². The van der Waals surface area contributed by atoms with Gasteiger partial charge in [-0.3, -0.25) is 4.79 Å². The highest BCUT2D eigenvalue weighted by Gasteiger charge is 2.25. The van der Waals surface area contributed by atoms with Crippen molar-refractivity contribution in [1.82, 2.24) is 5.32 Å². The molecule has 0 aromatic rings. The van der Waals surface area contributed by atoms with Gasteiger partial charge in [0.05, 0.1) is 6.04 Å². The lowest BCUT2D eigenvalue weighted by Gasteiger charge is -2.05. The molecule has 0 spiro atoms. The fourth-order valence-electron chi connectivity index (χ4n) is 1.25. The van der Waals surface area contributed by atoms with Crippen LogP contribution in [0.25, 0.3) is 0 Å². The van der Waals surface area contributed by atoms with E-state index >= 15 is 0 Å². The molecule has 58 valence electrons. The summed E-state index contributed by atoms with van der Waals surface area (Å²) >= 11 is 0. The third-order valence-corrected chi connectivity index (χ3v) is 1.90. The molecule has 2 atom stereocenters. The van der Waals surface area contributed by atoms with E-state index in [1.165, 1.54) is 0 Å². The first-order chi connectivity index (χ1) is 4.74. The molecular formula is C7H14N2O. The lowest BCUT2D eigenvalue weighted by molar-refractivity contribution is -0.120. The Bertz CT molecular complexity index is 136. The second kappa shape index (κ2) is 3.12. The van der Waals surface area contributed by atoms with Gasteiger partial charge in [0, 0.05) is 19.0 Å². The lowest BCUT2D eigenvalue weighted by atomic mass is 10.1. The summed E-state index contributed by atoms with van der Waals surface area (Å²) in [5.74, 6) is 0.285. The maximum atomic E-state index is 11.0. The third-order valence-electron chi connectivity index (χ3n) is 1.90. The Hall–Kier alpha value is -0.410. The summed E-state index contributed by atoms with van der Waals surface area (Å²) in [5.41, 5.74) is 5.60. The number of carbonyl (C=O) groups is 1. The van der Waals surface area contributed by atoms with Gasteiger partial charge in [-0.05, 0) is 6.42 Å². The molecule has 0 radical (unpaired) electrons. The Kier molecular flexibility index (Phi) is 2.40. The number of hydrogen-bond acceptors (Lipinski definition) is 3. The molecule has 3 N–H and O–H groups in total. The van der Waals surface area contributed by atoms with Crippen LogP contribution in [0.3, 0.4) is 0 Å². The maximum Gasteiger partial charge on any atom is 0.149 e. The van der Waals surface area contributed by atoms with Crippen molar-refractivity contribution in [3.05, 3.63) is 0 Å². The first-order valence-corrected chi connectivity index (χ1v) is 3.75. The zero-order valence-corrected chi connectivity index (χ0v) is 6.26. The molecule has 0 aromatic carbocycles. The van der Waals surface area contributed by atoms with Crippen LogP contribution in [0.15, 0.2) is 0 Å². The van der Waals surface area contributed by atoms with E-state index in [4.69, 9.17) is 5.73 Å². The van der Waals surface area contributed by atoms with Crippen molar-refractivity contribution < 1.29 is 4.79 Å². The molecule has 1 aliphatic heterocycles. The average molecular weight is 142 g/mol. The van der Waals surface area contributed by atoms with Crippen molar-refractivity contribution in [2.75, 3.05) is 6.54 Å². The van der Waals surface area contributed by atoms with Gasteiger partial charge in [-0.1, -0.05) is 6.92 Å². The molecular weight excluding hydrogens is 128 g/mol. The summed E-state index contributed by atoms with van der Waals surface area (Å²) in [6.45, 7) is 2.67. The molecule has 1 aliphatic rings. The summed E-state index contributed by atoms with van der Waals surface area (Å²) in [5, 5.41) is 3.08. The van der Waals surface area contributed by atoms with Crippen molar-refractivity contribution in [2.45, 2.75) is 31.8 Å². The molecule has 0 saturated carbocycles. The lowest BCUT2D eigenvalue weighted by Crippen LogP contribution is -2.29. The van der Waals surface area contributed by atoms with Crippen LogP contribution in [0.4, 0.5) is 0 Å². The normalized spacial score (nSPS) is 32.6. The molecule has 0 bridgehead atoms. The Balaban J connectivity index is 2.37. The maximum absolute atomic E-state index is 11.0. The molecule has 1 rings (SSSR count). The molecule has 3 heteroatoms. The second-order valence-electron chi connectivity index (χ2n) is 2.78. The van der Waals surface area contributed by atoms with Crippen LogP contribution < -0.4 is 11.1 Å². The van der Waals surface area contributed by atoms with Gasteiger partial charge in [-0.15, -0.1) is 0 Å². The first kappa shape index (κ1) is 7.69. The Morgan fingerprint density at radius 1 is 1.80 bits per heavy atom. The van der Waals surface area contributed by atoms with Gasteiger partial charge in [-0.2, -0.15) is 0 Å². The van der Waals surface area contributed by atoms with Crippen LogP contribution in [0.1, 0.15) is 19.8 Å². The van der Waals surface area contributed by atoms with E-state index in [-0.39, 0.29) is 17.9 Å². The first-order valence-electron chi connectivity index (χ1n) is 3.75. The predicted molar refractivity (Wildman–Crippen MR) is 39.7 cm³/mol. The number of nitrogens with one attached hydrogen (secondary N) is 1. The Labute approximate surface area is 61.0 Å². The minimum absolute atomic E-state index is 0.0417. The highest BCUT2D eigenvalue weighted by atomic mass is 16.1. The molecule has 1 saturated heterocycles. The number of ketones is 1. The van der Waals surface area contributed by atoms with Crippen LogP contribution in [0, 0.1) is 0 Å². The third kappa shape index (κ3) is 1.55. The van der Waals surface area contributed by atoms with Crippen LogP contribution in [-0.4, -0.2) is 24.4 Å². The van der Waals surface area contributed by atoms with E-state index < -0.39 is 0 Å². The van der Waals surface area contributed by atoms with Gasteiger partial charge in [0.25, 0.3) is 0 Å². The van der Waals surface area contributed by atoms with Gasteiger partial charge in [-0.25, -0.2) is 0 Å². The fourth-order valence-corrected chi connectivity index (χ4v) is 1.25. The largest absolute Gasteiger partial charge is 0.326 e. The molecule has 0 amide bonds. The van der Waals surface area contributed by atoms with Gasteiger partial charge >= 0.3 is 0 Å². The van der Waals surface area contributed by atoms with E-state index in [2.05, 4.69) is 5.32 Å². The van der Waals surface area contributed by atoms with E-state index in [0.717, 1.165) is 13.0 Å². The van der Waals surface area contributed by atoms with E-state index in [0.29, 0.717) is 6.42 Å². The van der Waals surface area contributed by atoms with Crippen LogP contribution in [-0.2, 0) is 4.79 Å². The van der Waals surface area contributed by atoms with E-state index in [1.54, 1.807) is 0 Å². The van der Waals surface area contributed by atoms with Crippen molar-refractivity contribution >= 4 is 5.78 Å². The van der Waals surface area contributed by atoms with Crippen LogP contribution in [0.5, 0.6) is 0 Å². The van der Waals surface area contributed by atoms with Crippen molar-refractivity contribution in [3.63, 3.8) is 0 Å². The monoisotopic (exact) mass is 142 g/mol. The average Bonchev–Trinajstić information content (AvgIpc) is 2.34. The summed E-state index contributed by atoms with van der Waals surface area (Å²) in [6.07, 6.45) is 1.43. The van der Waals surface area contributed by atoms with Gasteiger partial charge in [0.2, 0.25) is 0 Å². The van der Waals surface area contributed by atoms with Crippen molar-refractivity contribution in [1.29, 1.82) is 0 Å². The number of nitrogens with two attached hydrogens (primary N) is 1. The summed E-state index contributed by atoms with van der Waals surface area (Å²) in [4.78, 5) is 11.0. The minimum Gasteiger partial charge on any atom is -0.326 e. The quantitative estimate of drug-likeness (QED) is 0.554. The van der Waals surface area contributed by atoms with E-state index in [1.807, 2.05) is 6.92 Å². The van der Waals surface area contributed by atoms with Gasteiger partial charge in [0.15, 0.2) is 0 Å². The zero-order chi connectivity index (χ0) is 7.56. The molecule has 3 nitrogen and oxygen atoms in total. The second-order valence-corrected chi connectivity index (χ2v) is 2.78. The smallest absolute Gasteiger partial charge is 0.149 e. The van der Waals surface area contributed by atoms with Gasteiger partial charge in [0.1, 0.15) is 5.78 Å². The Morgan fingerprint density at radius 2 is 2.50 bits per heavy atom. The minimum atomic E-state index is 0.0417. The van der Waals surface area contributed by atoms with Gasteiger partial charge < -0.3 is 11.1 Å².